The van der Waals surface area contributed by atoms with Crippen molar-refractivity contribution < 1.29 is 34.1 Å². The van der Waals surface area contributed by atoms with Gasteiger partial charge in [0, 0.05) is 0 Å². The third-order valence-electron chi connectivity index (χ3n) is 3.42. The molecule has 1 aromatic carbocycles. The first-order valence-electron chi connectivity index (χ1n) is 7.14. The number of esters is 1. The molecule has 1 fully saturated rings. The molecule has 0 radical (unpaired) electrons. The fourth-order valence-corrected chi connectivity index (χ4v) is 3.54. The fraction of sp³-hybridized carbons (Fsp3) is 0.188. The highest BCUT2D eigenvalue weighted by atomic mass is 32.2. The molecule has 2 N–H and O–H groups in total. The molecule has 0 aromatic heterocycles. The summed E-state index contributed by atoms with van der Waals surface area (Å²) in [6.07, 6.45) is 0.725. The Kier molecular flexibility index (Phi) is 6.11. The number of methoxy groups -OCH3 is 1. The highest BCUT2D eigenvalue weighted by Gasteiger charge is 2.41. The first-order valence-corrected chi connectivity index (χ1v) is 8.37. The summed E-state index contributed by atoms with van der Waals surface area (Å²) in [5.74, 6) is -3.98. The van der Waals surface area contributed by atoms with Crippen molar-refractivity contribution in [2.75, 3.05) is 7.11 Å². The predicted octanol–water partition coefficient (Wildman–Crippen LogP) is 1.60. The van der Waals surface area contributed by atoms with Gasteiger partial charge < -0.3 is 14.9 Å². The van der Waals surface area contributed by atoms with Crippen LogP contribution in [0.1, 0.15) is 22.3 Å². The summed E-state index contributed by atoms with van der Waals surface area (Å²) in [5, 5.41) is 18.1. The molecule has 136 valence electrons. The van der Waals surface area contributed by atoms with E-state index < -0.39 is 36.3 Å². The maximum Gasteiger partial charge on any atom is 0.337 e. The van der Waals surface area contributed by atoms with Crippen molar-refractivity contribution in [3.05, 3.63) is 40.3 Å². The van der Waals surface area contributed by atoms with Gasteiger partial charge in [-0.15, -0.1) is 0 Å². The summed E-state index contributed by atoms with van der Waals surface area (Å²) in [6, 6.07) is 4.63. The third kappa shape index (κ3) is 4.27. The SMILES string of the molecule is COC(=O)c1ccc(C=C2SC(=S)N(C(CC(=O)O)C(=O)O)C2=O)cc1. The smallest absolute Gasteiger partial charge is 0.337 e. The molecule has 1 saturated heterocycles. The van der Waals surface area contributed by atoms with E-state index in [-0.39, 0.29) is 9.23 Å². The van der Waals surface area contributed by atoms with Crippen LogP contribution >= 0.6 is 24.0 Å². The molecule has 2 rings (SSSR count). The number of amides is 1. The maximum atomic E-state index is 12.5. The highest BCUT2D eigenvalue weighted by molar-refractivity contribution is 8.26. The Hall–Kier alpha value is -2.72. The zero-order valence-electron chi connectivity index (χ0n) is 13.4. The number of aliphatic carboxylic acids is 2. The van der Waals surface area contributed by atoms with Crippen LogP contribution < -0.4 is 0 Å². The van der Waals surface area contributed by atoms with Crippen molar-refractivity contribution in [2.45, 2.75) is 12.5 Å². The van der Waals surface area contributed by atoms with E-state index in [1.54, 1.807) is 12.1 Å². The molecular formula is C16H13NO7S2. The number of nitrogens with zero attached hydrogens (tertiary/aromatic N) is 1. The van der Waals surface area contributed by atoms with Crippen LogP contribution in [-0.2, 0) is 19.1 Å². The second-order valence-corrected chi connectivity index (χ2v) is 6.79. The molecule has 8 nitrogen and oxygen atoms in total. The second kappa shape index (κ2) is 8.11. The molecule has 1 aliphatic rings. The zero-order valence-corrected chi connectivity index (χ0v) is 15.0. The highest BCUT2D eigenvalue weighted by Crippen LogP contribution is 2.34. The standard InChI is InChI=1S/C16H13NO7S2/c1-24-15(23)9-4-2-8(3-5-9)6-11-13(20)17(16(25)26-11)10(14(21)22)7-12(18)19/h2-6,10H,7H2,1H3,(H,18,19)(H,21,22). The van der Waals surface area contributed by atoms with Gasteiger partial charge in [-0.05, 0) is 23.8 Å². The molecule has 0 aliphatic carbocycles. The number of carbonyl (C=O) groups is 4. The molecule has 0 bridgehead atoms. The zero-order chi connectivity index (χ0) is 19.4. The summed E-state index contributed by atoms with van der Waals surface area (Å²) in [4.78, 5) is 47.0. The Morgan fingerprint density at radius 2 is 1.88 bits per heavy atom. The van der Waals surface area contributed by atoms with Crippen LogP contribution in [0.2, 0.25) is 0 Å². The molecule has 1 aromatic rings. The number of ether oxygens (including phenoxy) is 1. The van der Waals surface area contributed by atoms with E-state index in [0.717, 1.165) is 16.7 Å². The number of benzene rings is 1. The summed E-state index contributed by atoms with van der Waals surface area (Å²) in [7, 11) is 1.26. The van der Waals surface area contributed by atoms with Gasteiger partial charge in [0.1, 0.15) is 10.4 Å². The van der Waals surface area contributed by atoms with Gasteiger partial charge in [-0.3, -0.25) is 14.5 Å². The molecule has 0 saturated carbocycles. The lowest BCUT2D eigenvalue weighted by Crippen LogP contribution is -2.45. The minimum absolute atomic E-state index is 0.0268. The van der Waals surface area contributed by atoms with Crippen molar-refractivity contribution in [1.29, 1.82) is 0 Å². The molecule has 1 atom stereocenters. The van der Waals surface area contributed by atoms with Gasteiger partial charge in [0.15, 0.2) is 0 Å². The van der Waals surface area contributed by atoms with Gasteiger partial charge in [-0.25, -0.2) is 9.59 Å². The van der Waals surface area contributed by atoms with Crippen LogP contribution in [0.25, 0.3) is 6.08 Å². The maximum absolute atomic E-state index is 12.5. The lowest BCUT2D eigenvalue weighted by molar-refractivity contribution is -0.150. The van der Waals surface area contributed by atoms with Crippen LogP contribution in [0, 0.1) is 0 Å². The second-order valence-electron chi connectivity index (χ2n) is 5.12. The van der Waals surface area contributed by atoms with E-state index in [2.05, 4.69) is 4.74 Å². The van der Waals surface area contributed by atoms with Gasteiger partial charge in [0.25, 0.3) is 5.91 Å². The van der Waals surface area contributed by atoms with Gasteiger partial charge in [0.05, 0.1) is 24.0 Å². The number of rotatable bonds is 6. The van der Waals surface area contributed by atoms with E-state index >= 15 is 0 Å². The van der Waals surface area contributed by atoms with Crippen LogP contribution in [0.5, 0.6) is 0 Å². The van der Waals surface area contributed by atoms with E-state index in [9.17, 15) is 24.3 Å². The van der Waals surface area contributed by atoms with Gasteiger partial charge in [-0.1, -0.05) is 36.1 Å². The van der Waals surface area contributed by atoms with Gasteiger partial charge in [0.2, 0.25) is 0 Å². The molecule has 1 aliphatic heterocycles. The molecule has 1 unspecified atom stereocenters. The molecular weight excluding hydrogens is 382 g/mol. The van der Waals surface area contributed by atoms with Gasteiger partial charge >= 0.3 is 17.9 Å². The Balaban J connectivity index is 2.27. The molecule has 0 spiro atoms. The first kappa shape index (κ1) is 19.6. The largest absolute Gasteiger partial charge is 0.481 e. The molecule has 26 heavy (non-hydrogen) atoms. The minimum atomic E-state index is -1.58. The number of hydrogen-bond donors (Lipinski definition) is 2. The number of carboxylic acid groups (broad SMARTS) is 2. The Bertz CT molecular complexity index is 816. The number of thiocarbonyl (C=S) groups is 1. The summed E-state index contributed by atoms with van der Waals surface area (Å²) < 4.78 is 4.57. The van der Waals surface area contributed by atoms with Crippen LogP contribution in [0.4, 0.5) is 0 Å². The van der Waals surface area contributed by atoms with Crippen molar-refractivity contribution in [3.63, 3.8) is 0 Å². The lowest BCUT2D eigenvalue weighted by Gasteiger charge is -2.21. The topological polar surface area (TPSA) is 121 Å². The van der Waals surface area contributed by atoms with E-state index in [0.29, 0.717) is 11.1 Å². The molecule has 10 heteroatoms. The van der Waals surface area contributed by atoms with Crippen molar-refractivity contribution in [3.8, 4) is 0 Å². The van der Waals surface area contributed by atoms with Crippen LogP contribution in [0.15, 0.2) is 29.2 Å². The normalized spacial score (nSPS) is 16.7. The van der Waals surface area contributed by atoms with Crippen molar-refractivity contribution >= 4 is 58.2 Å². The Morgan fingerprint density at radius 1 is 1.27 bits per heavy atom. The quantitative estimate of drug-likeness (QED) is 0.420. The minimum Gasteiger partial charge on any atom is -0.481 e. The number of carboxylic acids is 2. The summed E-state index contributed by atoms with van der Waals surface area (Å²) in [5.41, 5.74) is 0.924. The van der Waals surface area contributed by atoms with E-state index in [1.807, 2.05) is 0 Å². The Morgan fingerprint density at radius 3 is 2.38 bits per heavy atom. The average Bonchev–Trinajstić information content (AvgIpc) is 2.86. The molecule has 1 amide bonds. The van der Waals surface area contributed by atoms with Gasteiger partial charge in [-0.2, -0.15) is 0 Å². The fourth-order valence-electron chi connectivity index (χ4n) is 2.19. The summed E-state index contributed by atoms with van der Waals surface area (Å²) >= 11 is 5.93. The van der Waals surface area contributed by atoms with Crippen LogP contribution in [0.3, 0.4) is 0 Å². The Labute approximate surface area is 157 Å². The third-order valence-corrected chi connectivity index (χ3v) is 4.75. The number of hydrogen-bond acceptors (Lipinski definition) is 7. The van der Waals surface area contributed by atoms with E-state index in [4.69, 9.17) is 17.3 Å². The predicted molar refractivity (Wildman–Crippen MR) is 96.5 cm³/mol. The first-order chi connectivity index (χ1) is 12.2. The van der Waals surface area contributed by atoms with Crippen molar-refractivity contribution in [2.24, 2.45) is 0 Å². The average molecular weight is 395 g/mol. The van der Waals surface area contributed by atoms with E-state index in [1.165, 1.54) is 25.3 Å². The lowest BCUT2D eigenvalue weighted by atomic mass is 10.1. The monoisotopic (exact) mass is 395 g/mol. The summed E-state index contributed by atoms with van der Waals surface area (Å²) in [6.45, 7) is 0. The van der Waals surface area contributed by atoms with Crippen LogP contribution in [-0.4, -0.2) is 56.4 Å². The van der Waals surface area contributed by atoms with Crippen molar-refractivity contribution in [1.82, 2.24) is 4.90 Å². The molecule has 1 heterocycles. The number of thioether (sulfide) groups is 1. The number of carbonyl (C=O) groups excluding carboxylic acids is 2.